The van der Waals surface area contributed by atoms with Crippen LogP contribution in [0, 0.1) is 11.8 Å². The Bertz CT molecular complexity index is 921. The average molecular weight is 537 g/mol. The molecule has 4 atom stereocenters. The van der Waals surface area contributed by atoms with Crippen molar-refractivity contribution in [2.45, 2.75) is 111 Å². The van der Waals surface area contributed by atoms with Crippen LogP contribution in [-0.2, 0) is 0 Å². The Kier molecular flexibility index (Phi) is 15.3. The van der Waals surface area contributed by atoms with Gasteiger partial charge < -0.3 is 14.9 Å². The topological polar surface area (TPSA) is 43.8 Å². The molecule has 0 aliphatic carbocycles. The fourth-order valence-corrected chi connectivity index (χ4v) is 5.77. The van der Waals surface area contributed by atoms with Crippen LogP contribution >= 0.6 is 0 Å². The van der Waals surface area contributed by atoms with Gasteiger partial charge in [-0.1, -0.05) is 103 Å². The number of aliphatic hydroxyl groups is 1. The largest absolute Gasteiger partial charge is 0.391 e. The maximum atomic E-state index is 14.2. The molecule has 0 fully saturated rings. The molecule has 0 bridgehead atoms. The van der Waals surface area contributed by atoms with E-state index in [0.29, 0.717) is 24.8 Å². The molecule has 0 spiro atoms. The number of carbonyl (C=O) groups excluding carboxylic acids is 1. The third-order valence-corrected chi connectivity index (χ3v) is 8.05. The van der Waals surface area contributed by atoms with E-state index in [1.165, 1.54) is 44.9 Å². The highest BCUT2D eigenvalue weighted by atomic mass is 16.3. The first-order valence-corrected chi connectivity index (χ1v) is 15.7. The summed E-state index contributed by atoms with van der Waals surface area (Å²) in [5, 5.41) is 10.9. The predicted molar refractivity (Wildman–Crippen MR) is 168 cm³/mol. The average Bonchev–Trinajstić information content (AvgIpc) is 2.92. The zero-order valence-electron chi connectivity index (χ0n) is 25.6. The summed E-state index contributed by atoms with van der Waals surface area (Å²) in [5.74, 6) is 1.14. The number of nitrogens with zero attached hydrogens (tertiary/aromatic N) is 2. The van der Waals surface area contributed by atoms with Crippen molar-refractivity contribution in [1.29, 1.82) is 0 Å². The van der Waals surface area contributed by atoms with Gasteiger partial charge in [-0.25, -0.2) is 0 Å². The van der Waals surface area contributed by atoms with Crippen LogP contribution in [0.3, 0.4) is 0 Å². The maximum absolute atomic E-state index is 14.2. The van der Waals surface area contributed by atoms with Crippen LogP contribution in [0.15, 0.2) is 60.8 Å². The van der Waals surface area contributed by atoms with Gasteiger partial charge in [0.1, 0.15) is 0 Å². The Morgan fingerprint density at radius 1 is 0.974 bits per heavy atom. The highest BCUT2D eigenvalue weighted by Gasteiger charge is 2.28. The number of allylic oxidation sites excluding steroid dienone is 3. The molecular weight excluding hydrogens is 480 g/mol. The van der Waals surface area contributed by atoms with E-state index in [4.69, 9.17) is 0 Å². The lowest BCUT2D eigenvalue weighted by atomic mass is 9.93. The van der Waals surface area contributed by atoms with Crippen LogP contribution in [0.1, 0.15) is 109 Å². The first-order valence-electron chi connectivity index (χ1n) is 15.7. The van der Waals surface area contributed by atoms with Gasteiger partial charge in [-0.2, -0.15) is 0 Å². The van der Waals surface area contributed by atoms with Gasteiger partial charge in [0.2, 0.25) is 0 Å². The number of aliphatic hydroxyl groups excluding tert-OH is 1. The van der Waals surface area contributed by atoms with Crippen LogP contribution < -0.4 is 4.90 Å². The minimum atomic E-state index is -0.505. The number of ketones is 1. The second-order valence-electron chi connectivity index (χ2n) is 11.7. The first-order chi connectivity index (χ1) is 18.8. The molecule has 0 amide bonds. The summed E-state index contributed by atoms with van der Waals surface area (Å²) in [6.07, 6.45) is 18.9. The Hall–Kier alpha value is -2.33. The van der Waals surface area contributed by atoms with Gasteiger partial charge in [0.15, 0.2) is 5.78 Å². The van der Waals surface area contributed by atoms with Gasteiger partial charge in [-0.3, -0.25) is 4.79 Å². The van der Waals surface area contributed by atoms with Crippen molar-refractivity contribution in [3.63, 3.8) is 0 Å². The lowest BCUT2D eigenvalue weighted by Gasteiger charge is -2.36. The second kappa shape index (κ2) is 18.1. The molecule has 2 rings (SSSR count). The molecule has 39 heavy (non-hydrogen) atoms. The van der Waals surface area contributed by atoms with Gasteiger partial charge in [0.25, 0.3) is 0 Å². The lowest BCUT2D eigenvalue weighted by Crippen LogP contribution is -2.42. The number of rotatable bonds is 13. The van der Waals surface area contributed by atoms with Crippen molar-refractivity contribution in [3.05, 3.63) is 66.4 Å². The SMILES string of the molecule is C=C1/C=C\C=C/C[C@@H](O)CN(CC(C)CCC)c2ccccc2C(=O)C(C)N1CC(CCCC)CCCCC. The molecule has 3 unspecified atom stereocenters. The molecule has 0 aromatic heterocycles. The molecule has 1 heterocycles. The summed E-state index contributed by atoms with van der Waals surface area (Å²) in [7, 11) is 0. The number of fused-ring (bicyclic) bond motifs is 1. The summed E-state index contributed by atoms with van der Waals surface area (Å²) in [6.45, 7) is 17.6. The Labute approximate surface area is 239 Å². The van der Waals surface area contributed by atoms with Crippen LogP contribution in [-0.4, -0.2) is 47.6 Å². The van der Waals surface area contributed by atoms with Gasteiger partial charge >= 0.3 is 0 Å². The molecule has 1 aromatic rings. The standard InChI is InChI=1S/C35H56N2O2/c1-7-10-13-21-31(20-11-8-2)26-37-29(5)19-14-12-15-22-32(38)27-36(25-28(4)18-9-3)34-24-17-16-23-33(34)35(39)30(37)6/h12,14-17,19,23-24,28,30-32,38H,5,7-11,13,18,20-22,25-27H2,1-4,6H3/b15-12-,19-14-/t28?,30?,31?,32-/m1/s1. The van der Waals surface area contributed by atoms with E-state index in [9.17, 15) is 9.90 Å². The third kappa shape index (κ3) is 11.0. The predicted octanol–water partition coefficient (Wildman–Crippen LogP) is 8.58. The number of anilines is 1. The summed E-state index contributed by atoms with van der Waals surface area (Å²) >= 11 is 0. The normalized spacial score (nSPS) is 22.2. The van der Waals surface area contributed by atoms with Crippen molar-refractivity contribution >= 4 is 11.5 Å². The molecule has 1 N–H and O–H groups in total. The van der Waals surface area contributed by atoms with Crippen LogP contribution in [0.25, 0.3) is 0 Å². The zero-order valence-corrected chi connectivity index (χ0v) is 25.6. The number of hydrogen-bond donors (Lipinski definition) is 1. The highest BCUT2D eigenvalue weighted by molar-refractivity contribution is 6.04. The summed E-state index contributed by atoms with van der Waals surface area (Å²) in [5.41, 5.74) is 2.55. The van der Waals surface area contributed by atoms with E-state index in [2.05, 4.69) is 50.1 Å². The van der Waals surface area contributed by atoms with Crippen molar-refractivity contribution in [2.75, 3.05) is 24.5 Å². The monoisotopic (exact) mass is 536 g/mol. The number of Topliss-reactive ketones (excluding diaryl/α,β-unsaturated/α-hetero) is 1. The summed E-state index contributed by atoms with van der Waals surface area (Å²) in [4.78, 5) is 18.7. The summed E-state index contributed by atoms with van der Waals surface area (Å²) < 4.78 is 0. The highest BCUT2D eigenvalue weighted by Crippen LogP contribution is 2.28. The molecule has 0 saturated carbocycles. The summed E-state index contributed by atoms with van der Waals surface area (Å²) in [6, 6.07) is 7.67. The van der Waals surface area contributed by atoms with Crippen molar-refractivity contribution < 1.29 is 9.90 Å². The van der Waals surface area contributed by atoms with Gasteiger partial charge in [-0.15, -0.1) is 0 Å². The van der Waals surface area contributed by atoms with Gasteiger partial charge in [-0.05, 0) is 62.7 Å². The van der Waals surface area contributed by atoms with Crippen molar-refractivity contribution in [1.82, 2.24) is 4.90 Å². The number of β-amino-alcohol motifs (C(OH)–C–C–N with tert-alkyl or cyclic N) is 1. The first kappa shape index (κ1) is 32.9. The third-order valence-electron chi connectivity index (χ3n) is 8.05. The zero-order chi connectivity index (χ0) is 28.6. The molecule has 1 aliphatic rings. The van der Waals surface area contributed by atoms with E-state index >= 15 is 0 Å². The number of carbonyl (C=O) groups is 1. The molecule has 1 aromatic carbocycles. The Morgan fingerprint density at radius 2 is 1.69 bits per heavy atom. The van der Waals surface area contributed by atoms with Crippen LogP contribution in [0.5, 0.6) is 0 Å². The number of para-hydroxylation sites is 1. The minimum Gasteiger partial charge on any atom is -0.391 e. The van der Waals surface area contributed by atoms with E-state index in [-0.39, 0.29) is 11.8 Å². The smallest absolute Gasteiger partial charge is 0.187 e. The molecule has 4 heteroatoms. The van der Waals surface area contributed by atoms with E-state index in [1.54, 1.807) is 0 Å². The molecule has 1 aliphatic heterocycles. The number of benzene rings is 1. The van der Waals surface area contributed by atoms with E-state index < -0.39 is 6.10 Å². The second-order valence-corrected chi connectivity index (χ2v) is 11.7. The van der Waals surface area contributed by atoms with Crippen molar-refractivity contribution in [3.8, 4) is 0 Å². The maximum Gasteiger partial charge on any atom is 0.187 e. The van der Waals surface area contributed by atoms with Crippen molar-refractivity contribution in [2.24, 2.45) is 11.8 Å². The van der Waals surface area contributed by atoms with Gasteiger partial charge in [0.05, 0.1) is 12.1 Å². The van der Waals surface area contributed by atoms with Gasteiger partial charge in [0, 0.05) is 36.6 Å². The molecule has 4 nitrogen and oxygen atoms in total. The number of unbranched alkanes of at least 4 members (excludes halogenated alkanes) is 3. The number of hydrogen-bond acceptors (Lipinski definition) is 4. The quantitative estimate of drug-likeness (QED) is 0.256. The Balaban J connectivity index is 2.48. The molecule has 218 valence electrons. The van der Waals surface area contributed by atoms with E-state index in [1.807, 2.05) is 49.4 Å². The Morgan fingerprint density at radius 3 is 2.41 bits per heavy atom. The molecule has 0 radical (unpaired) electrons. The molecular formula is C35H56N2O2. The van der Waals surface area contributed by atoms with Crippen LogP contribution in [0.2, 0.25) is 0 Å². The van der Waals surface area contributed by atoms with E-state index in [0.717, 1.165) is 42.9 Å². The fourth-order valence-electron chi connectivity index (χ4n) is 5.77. The van der Waals surface area contributed by atoms with Crippen LogP contribution in [0.4, 0.5) is 5.69 Å². The lowest BCUT2D eigenvalue weighted by molar-refractivity contribution is 0.0860. The molecule has 0 saturated heterocycles. The minimum absolute atomic E-state index is 0.123. The fraction of sp³-hybridized carbons (Fsp3) is 0.629.